The summed E-state index contributed by atoms with van der Waals surface area (Å²) < 4.78 is 6.00. The van der Waals surface area contributed by atoms with E-state index in [-0.39, 0.29) is 12.0 Å². The molecule has 100 valence electrons. The molecule has 3 nitrogen and oxygen atoms in total. The zero-order valence-corrected chi connectivity index (χ0v) is 11.7. The van der Waals surface area contributed by atoms with E-state index in [0.29, 0.717) is 12.5 Å². The maximum Gasteiger partial charge on any atom is 0.106 e. The topological polar surface area (TPSA) is 30.8 Å². The van der Waals surface area contributed by atoms with Crippen molar-refractivity contribution >= 4 is 6.21 Å². The Kier molecular flexibility index (Phi) is 6.44. The number of rotatable bonds is 7. The van der Waals surface area contributed by atoms with Crippen LogP contribution in [0.25, 0.3) is 0 Å². The van der Waals surface area contributed by atoms with Crippen LogP contribution in [0.2, 0.25) is 0 Å². The van der Waals surface area contributed by atoms with Gasteiger partial charge in [-0.1, -0.05) is 56.3 Å². The van der Waals surface area contributed by atoms with Crippen LogP contribution in [0.15, 0.2) is 35.5 Å². The molecule has 0 bridgehead atoms. The summed E-state index contributed by atoms with van der Waals surface area (Å²) in [4.78, 5) is 4.72. The lowest BCUT2D eigenvalue weighted by atomic mass is 9.95. The van der Waals surface area contributed by atoms with Gasteiger partial charge < -0.3 is 9.57 Å². The zero-order chi connectivity index (χ0) is 13.4. The molecule has 0 aliphatic heterocycles. The predicted octanol–water partition coefficient (Wildman–Crippen LogP) is 3.50. The highest BCUT2D eigenvalue weighted by atomic mass is 16.6. The van der Waals surface area contributed by atoms with Crippen molar-refractivity contribution in [3.05, 3.63) is 35.9 Å². The number of nitrogens with zero attached hydrogens (tertiary/aromatic N) is 1. The quantitative estimate of drug-likeness (QED) is 0.547. The molecule has 0 aromatic heterocycles. The summed E-state index contributed by atoms with van der Waals surface area (Å²) in [6.07, 6.45) is 1.94. The average Bonchev–Trinajstić information content (AvgIpc) is 2.37. The minimum absolute atomic E-state index is 0.143. The van der Waals surface area contributed by atoms with Gasteiger partial charge in [0, 0.05) is 12.1 Å². The van der Waals surface area contributed by atoms with Crippen molar-refractivity contribution in [3.63, 3.8) is 0 Å². The molecule has 0 radical (unpaired) electrons. The summed E-state index contributed by atoms with van der Waals surface area (Å²) >= 11 is 0. The Morgan fingerprint density at radius 1 is 1.17 bits per heavy atom. The SMILES string of the molecule is CON=C[C@@H](C)[C@H](OCc1ccccc1)C(C)C. The van der Waals surface area contributed by atoms with Crippen LogP contribution in [0, 0.1) is 11.8 Å². The molecule has 1 rings (SSSR count). The van der Waals surface area contributed by atoms with Crippen LogP contribution in [0.1, 0.15) is 26.3 Å². The molecule has 0 N–H and O–H groups in total. The molecular weight excluding hydrogens is 226 g/mol. The Balaban J connectivity index is 2.55. The van der Waals surface area contributed by atoms with Gasteiger partial charge in [-0.15, -0.1) is 0 Å². The fraction of sp³-hybridized carbons (Fsp3) is 0.533. The van der Waals surface area contributed by atoms with Crippen LogP contribution in [-0.4, -0.2) is 19.4 Å². The van der Waals surface area contributed by atoms with Gasteiger partial charge in [0.15, 0.2) is 0 Å². The molecule has 1 aromatic rings. The molecule has 0 spiro atoms. The largest absolute Gasteiger partial charge is 0.399 e. The Morgan fingerprint density at radius 2 is 1.83 bits per heavy atom. The van der Waals surface area contributed by atoms with Crippen molar-refractivity contribution in [3.8, 4) is 0 Å². The van der Waals surface area contributed by atoms with Gasteiger partial charge in [-0.25, -0.2) is 0 Å². The molecular formula is C15H23NO2. The van der Waals surface area contributed by atoms with Gasteiger partial charge in [0.1, 0.15) is 7.11 Å². The molecule has 0 amide bonds. The van der Waals surface area contributed by atoms with E-state index >= 15 is 0 Å². The highest BCUT2D eigenvalue weighted by Gasteiger charge is 2.20. The van der Waals surface area contributed by atoms with Crippen molar-refractivity contribution in [1.82, 2.24) is 0 Å². The van der Waals surface area contributed by atoms with Crippen LogP contribution >= 0.6 is 0 Å². The average molecular weight is 249 g/mol. The van der Waals surface area contributed by atoms with Gasteiger partial charge in [-0.3, -0.25) is 0 Å². The standard InChI is InChI=1S/C15H23NO2/c1-12(2)15(13(3)10-16-17-4)18-11-14-8-6-5-7-9-14/h5-10,12-13,15H,11H2,1-4H3/t13-,15-/m1/s1. The Labute approximate surface area is 110 Å². The summed E-state index contributed by atoms with van der Waals surface area (Å²) in [5, 5.41) is 3.83. The van der Waals surface area contributed by atoms with E-state index in [2.05, 4.69) is 38.1 Å². The Hall–Kier alpha value is -1.35. The van der Waals surface area contributed by atoms with Gasteiger partial charge >= 0.3 is 0 Å². The number of benzene rings is 1. The van der Waals surface area contributed by atoms with Gasteiger partial charge in [-0.05, 0) is 11.5 Å². The number of oxime groups is 1. The summed E-state index contributed by atoms with van der Waals surface area (Å²) in [5.41, 5.74) is 1.19. The molecule has 0 heterocycles. The molecule has 0 saturated heterocycles. The second-order valence-corrected chi connectivity index (χ2v) is 4.80. The second-order valence-electron chi connectivity index (χ2n) is 4.80. The summed E-state index contributed by atoms with van der Waals surface area (Å²) in [6, 6.07) is 10.2. The molecule has 0 aliphatic rings. The third kappa shape index (κ3) is 4.88. The highest BCUT2D eigenvalue weighted by Crippen LogP contribution is 2.17. The molecule has 0 fully saturated rings. The number of hydrogen-bond donors (Lipinski definition) is 0. The third-order valence-corrected chi connectivity index (χ3v) is 2.86. The maximum absolute atomic E-state index is 6.00. The first kappa shape index (κ1) is 14.7. The van der Waals surface area contributed by atoms with Crippen molar-refractivity contribution in [2.24, 2.45) is 17.0 Å². The Bertz CT molecular complexity index is 349. The fourth-order valence-electron chi connectivity index (χ4n) is 1.96. The van der Waals surface area contributed by atoms with Crippen molar-refractivity contribution in [1.29, 1.82) is 0 Å². The molecule has 0 unspecified atom stereocenters. The number of hydrogen-bond acceptors (Lipinski definition) is 3. The van der Waals surface area contributed by atoms with E-state index < -0.39 is 0 Å². The van der Waals surface area contributed by atoms with Crippen LogP contribution in [0.5, 0.6) is 0 Å². The first-order valence-electron chi connectivity index (χ1n) is 6.37. The maximum atomic E-state index is 6.00. The molecule has 2 atom stereocenters. The lowest BCUT2D eigenvalue weighted by Gasteiger charge is -2.25. The third-order valence-electron chi connectivity index (χ3n) is 2.86. The van der Waals surface area contributed by atoms with Gasteiger partial charge in [0.25, 0.3) is 0 Å². The highest BCUT2D eigenvalue weighted by molar-refractivity contribution is 5.60. The van der Waals surface area contributed by atoms with E-state index in [1.165, 1.54) is 5.56 Å². The van der Waals surface area contributed by atoms with Crippen molar-refractivity contribution in [2.45, 2.75) is 33.5 Å². The summed E-state index contributed by atoms with van der Waals surface area (Å²) in [6.45, 7) is 7.05. The monoisotopic (exact) mass is 249 g/mol. The summed E-state index contributed by atoms with van der Waals surface area (Å²) in [7, 11) is 1.55. The molecule has 0 saturated carbocycles. The lowest BCUT2D eigenvalue weighted by Crippen LogP contribution is -2.28. The molecule has 18 heavy (non-hydrogen) atoms. The number of ether oxygens (including phenoxy) is 1. The van der Waals surface area contributed by atoms with Gasteiger partial charge in [0.2, 0.25) is 0 Å². The minimum Gasteiger partial charge on any atom is -0.399 e. The van der Waals surface area contributed by atoms with Gasteiger partial charge in [0.05, 0.1) is 12.7 Å². The van der Waals surface area contributed by atoms with Crippen molar-refractivity contribution < 1.29 is 9.57 Å². The molecule has 0 aliphatic carbocycles. The summed E-state index contributed by atoms with van der Waals surface area (Å²) in [5.74, 6) is 0.667. The smallest absolute Gasteiger partial charge is 0.106 e. The van der Waals surface area contributed by atoms with E-state index in [0.717, 1.165) is 0 Å². The van der Waals surface area contributed by atoms with Gasteiger partial charge in [-0.2, -0.15) is 0 Å². The second kappa shape index (κ2) is 7.88. The molecule has 1 aromatic carbocycles. The van der Waals surface area contributed by atoms with Crippen LogP contribution in [0.3, 0.4) is 0 Å². The van der Waals surface area contributed by atoms with Crippen LogP contribution in [0.4, 0.5) is 0 Å². The first-order valence-corrected chi connectivity index (χ1v) is 6.37. The fourth-order valence-corrected chi connectivity index (χ4v) is 1.96. The van der Waals surface area contributed by atoms with Crippen LogP contribution in [-0.2, 0) is 16.2 Å². The normalized spacial score (nSPS) is 14.9. The van der Waals surface area contributed by atoms with E-state index in [1.807, 2.05) is 18.2 Å². The van der Waals surface area contributed by atoms with E-state index in [1.54, 1.807) is 13.3 Å². The zero-order valence-electron chi connectivity index (χ0n) is 11.7. The predicted molar refractivity (Wildman–Crippen MR) is 74.5 cm³/mol. The van der Waals surface area contributed by atoms with E-state index in [4.69, 9.17) is 9.57 Å². The van der Waals surface area contributed by atoms with Crippen molar-refractivity contribution in [2.75, 3.05) is 7.11 Å². The van der Waals surface area contributed by atoms with E-state index in [9.17, 15) is 0 Å². The Morgan fingerprint density at radius 3 is 2.39 bits per heavy atom. The molecule has 3 heteroatoms. The minimum atomic E-state index is 0.143. The van der Waals surface area contributed by atoms with Crippen LogP contribution < -0.4 is 0 Å². The first-order chi connectivity index (χ1) is 8.65. The lowest BCUT2D eigenvalue weighted by molar-refractivity contribution is -0.00676.